The molecule has 0 aliphatic heterocycles. The van der Waals surface area contributed by atoms with Crippen molar-refractivity contribution in [2.24, 2.45) is 0 Å². The molecule has 2 aromatic heterocycles. The number of nitrogens with zero attached hydrogens (tertiary/aromatic N) is 1. The van der Waals surface area contributed by atoms with Crippen LogP contribution in [-0.2, 0) is 13.1 Å². The van der Waals surface area contributed by atoms with Gasteiger partial charge in [0, 0.05) is 47.0 Å². The average Bonchev–Trinajstić information content (AvgIpc) is 3.00. The molecule has 1 aliphatic carbocycles. The zero-order valence-corrected chi connectivity index (χ0v) is 14.6. The Morgan fingerprint density at radius 3 is 2.90 bits per heavy atom. The molecule has 20 heavy (non-hydrogen) atoms. The molecule has 0 radical (unpaired) electrons. The van der Waals surface area contributed by atoms with Gasteiger partial charge in [0.15, 0.2) is 0 Å². The van der Waals surface area contributed by atoms with E-state index < -0.39 is 0 Å². The van der Waals surface area contributed by atoms with Gasteiger partial charge in [0.1, 0.15) is 0 Å². The van der Waals surface area contributed by atoms with E-state index in [4.69, 9.17) is 0 Å². The molecule has 2 nitrogen and oxygen atoms in total. The van der Waals surface area contributed by atoms with Gasteiger partial charge >= 0.3 is 0 Å². The smallest absolute Gasteiger partial charge is 0.0300 e. The van der Waals surface area contributed by atoms with E-state index in [2.05, 4.69) is 54.4 Å². The highest BCUT2D eigenvalue weighted by Crippen LogP contribution is 2.28. The first-order chi connectivity index (χ1) is 9.81. The Morgan fingerprint density at radius 2 is 2.25 bits per heavy atom. The molecule has 0 aromatic carbocycles. The lowest BCUT2D eigenvalue weighted by molar-refractivity contribution is 0.254. The molecule has 2 aromatic rings. The molecule has 0 atom stereocenters. The van der Waals surface area contributed by atoms with Gasteiger partial charge in [-0.25, -0.2) is 0 Å². The second kappa shape index (κ2) is 7.18. The van der Waals surface area contributed by atoms with Crippen LogP contribution < -0.4 is 5.32 Å². The Kier molecular flexibility index (Phi) is 5.29. The summed E-state index contributed by atoms with van der Waals surface area (Å²) in [6, 6.07) is 5.27. The second-order valence-electron chi connectivity index (χ2n) is 5.24. The highest BCUT2D eigenvalue weighted by Gasteiger charge is 2.28. The maximum Gasteiger partial charge on any atom is 0.0300 e. The second-order valence-corrected chi connectivity index (χ2v) is 7.93. The van der Waals surface area contributed by atoms with Gasteiger partial charge < -0.3 is 5.32 Å². The van der Waals surface area contributed by atoms with Gasteiger partial charge in [-0.15, -0.1) is 11.3 Å². The van der Waals surface area contributed by atoms with Crippen molar-refractivity contribution >= 4 is 38.6 Å². The normalized spacial score (nSPS) is 15.1. The minimum absolute atomic E-state index is 0.826. The molecule has 5 heteroatoms. The highest BCUT2D eigenvalue weighted by atomic mass is 79.9. The molecule has 0 saturated heterocycles. The molecular weight excluding hydrogens is 352 g/mol. The number of nitrogens with one attached hydrogen (secondary N) is 1. The van der Waals surface area contributed by atoms with Crippen molar-refractivity contribution in [2.75, 3.05) is 13.1 Å². The fourth-order valence-electron chi connectivity index (χ4n) is 2.33. The molecule has 1 fully saturated rings. The third kappa shape index (κ3) is 4.40. The van der Waals surface area contributed by atoms with Crippen LogP contribution in [0.2, 0.25) is 0 Å². The third-order valence-electron chi connectivity index (χ3n) is 3.53. The molecule has 0 amide bonds. The minimum Gasteiger partial charge on any atom is -0.311 e. The van der Waals surface area contributed by atoms with Crippen LogP contribution in [0.5, 0.6) is 0 Å². The first-order valence-corrected chi connectivity index (χ1v) is 9.61. The molecule has 0 spiro atoms. The topological polar surface area (TPSA) is 15.3 Å². The Morgan fingerprint density at radius 1 is 1.35 bits per heavy atom. The summed E-state index contributed by atoms with van der Waals surface area (Å²) in [5, 5.41) is 10.1. The van der Waals surface area contributed by atoms with E-state index in [0.717, 1.165) is 32.2 Å². The monoisotopic (exact) mass is 370 g/mol. The van der Waals surface area contributed by atoms with Crippen LogP contribution in [0.1, 0.15) is 23.3 Å². The lowest BCUT2D eigenvalue weighted by Gasteiger charge is -2.21. The fraction of sp³-hybridized carbons (Fsp3) is 0.467. The molecule has 3 rings (SSSR count). The quantitative estimate of drug-likeness (QED) is 0.695. The summed E-state index contributed by atoms with van der Waals surface area (Å²) in [7, 11) is 0. The van der Waals surface area contributed by atoms with Crippen LogP contribution >= 0.6 is 38.6 Å². The standard InChI is InChI=1S/C15H19BrN2S2/c16-13-7-15(20-11-13)8-17-4-5-18(14-1-2-14)9-12-3-6-19-10-12/h3,6-7,10-11,14,17H,1-2,4-5,8-9H2. The molecule has 0 unspecified atom stereocenters. The minimum atomic E-state index is 0.826. The van der Waals surface area contributed by atoms with Crippen molar-refractivity contribution in [3.8, 4) is 0 Å². The lowest BCUT2D eigenvalue weighted by atomic mass is 10.3. The predicted molar refractivity (Wildman–Crippen MR) is 91.5 cm³/mol. The van der Waals surface area contributed by atoms with Crippen molar-refractivity contribution in [1.82, 2.24) is 10.2 Å². The number of hydrogen-bond donors (Lipinski definition) is 1. The van der Waals surface area contributed by atoms with Crippen LogP contribution in [0.15, 0.2) is 32.7 Å². The van der Waals surface area contributed by atoms with Gasteiger partial charge in [0.25, 0.3) is 0 Å². The molecule has 108 valence electrons. The van der Waals surface area contributed by atoms with Gasteiger partial charge in [-0.05, 0) is 57.2 Å². The first-order valence-electron chi connectivity index (χ1n) is 7.00. The van der Waals surface area contributed by atoms with E-state index in [-0.39, 0.29) is 0 Å². The maximum absolute atomic E-state index is 3.56. The third-order valence-corrected chi connectivity index (χ3v) is 5.96. The number of halogens is 1. The summed E-state index contributed by atoms with van der Waals surface area (Å²) in [6.45, 7) is 4.30. The average molecular weight is 371 g/mol. The fourth-order valence-corrected chi connectivity index (χ4v) is 4.41. The molecule has 1 saturated carbocycles. The van der Waals surface area contributed by atoms with Gasteiger partial charge in [-0.2, -0.15) is 11.3 Å². The SMILES string of the molecule is Brc1csc(CNCCN(Cc2ccsc2)C2CC2)c1. The van der Waals surface area contributed by atoms with Crippen molar-refractivity contribution in [3.05, 3.63) is 43.2 Å². The number of rotatable bonds is 8. The Hall–Kier alpha value is -0.200. The highest BCUT2D eigenvalue weighted by molar-refractivity contribution is 9.10. The predicted octanol–water partition coefficient (Wildman–Crippen LogP) is 4.33. The van der Waals surface area contributed by atoms with Gasteiger partial charge in [-0.3, -0.25) is 4.90 Å². The Labute approximate surface area is 136 Å². The maximum atomic E-state index is 3.56. The summed E-state index contributed by atoms with van der Waals surface area (Å²) >= 11 is 7.11. The van der Waals surface area contributed by atoms with Crippen molar-refractivity contribution < 1.29 is 0 Å². The van der Waals surface area contributed by atoms with Crippen LogP contribution in [0.25, 0.3) is 0 Å². The first kappa shape index (κ1) is 14.7. The molecule has 1 N–H and O–H groups in total. The van der Waals surface area contributed by atoms with Gasteiger partial charge in [0.05, 0.1) is 0 Å². The zero-order valence-electron chi connectivity index (χ0n) is 11.3. The van der Waals surface area contributed by atoms with Gasteiger partial charge in [-0.1, -0.05) is 0 Å². The van der Waals surface area contributed by atoms with Gasteiger partial charge in [0.2, 0.25) is 0 Å². The van der Waals surface area contributed by atoms with E-state index in [1.165, 1.54) is 27.8 Å². The summed E-state index contributed by atoms with van der Waals surface area (Å²) < 4.78 is 1.19. The zero-order chi connectivity index (χ0) is 13.8. The van der Waals surface area contributed by atoms with Crippen LogP contribution in [0.4, 0.5) is 0 Å². The summed E-state index contributed by atoms with van der Waals surface area (Å²) in [5.74, 6) is 0. The van der Waals surface area contributed by atoms with Crippen LogP contribution in [-0.4, -0.2) is 24.0 Å². The van der Waals surface area contributed by atoms with Crippen LogP contribution in [0, 0.1) is 0 Å². The van der Waals surface area contributed by atoms with E-state index in [0.29, 0.717) is 0 Å². The van der Waals surface area contributed by atoms with Crippen molar-refractivity contribution in [3.63, 3.8) is 0 Å². The van der Waals surface area contributed by atoms with E-state index in [9.17, 15) is 0 Å². The molecule has 0 bridgehead atoms. The van der Waals surface area contributed by atoms with E-state index in [1.807, 2.05) is 11.3 Å². The summed E-state index contributed by atoms with van der Waals surface area (Å²) in [6.07, 6.45) is 2.75. The van der Waals surface area contributed by atoms with Crippen molar-refractivity contribution in [2.45, 2.75) is 32.0 Å². The number of thiophene rings is 2. The lowest BCUT2D eigenvalue weighted by Crippen LogP contribution is -2.33. The Bertz CT molecular complexity index is 520. The molecule has 2 heterocycles. The van der Waals surface area contributed by atoms with E-state index in [1.54, 1.807) is 11.3 Å². The van der Waals surface area contributed by atoms with Crippen LogP contribution in [0.3, 0.4) is 0 Å². The molecule has 1 aliphatic rings. The van der Waals surface area contributed by atoms with E-state index >= 15 is 0 Å². The largest absolute Gasteiger partial charge is 0.311 e. The summed E-state index contributed by atoms with van der Waals surface area (Å²) in [5.41, 5.74) is 1.46. The molecular formula is C15H19BrN2S2. The summed E-state index contributed by atoms with van der Waals surface area (Å²) in [4.78, 5) is 4.02. The number of hydrogen-bond acceptors (Lipinski definition) is 4. The van der Waals surface area contributed by atoms with Crippen molar-refractivity contribution in [1.29, 1.82) is 0 Å². The Balaban J connectivity index is 1.41.